The minimum atomic E-state index is 0.791. The van der Waals surface area contributed by atoms with Gasteiger partial charge in [0.15, 0.2) is 0 Å². The topological polar surface area (TPSA) is 17.8 Å². The number of fused-ring (bicyclic) bond motifs is 1. The van der Waals surface area contributed by atoms with Crippen molar-refractivity contribution in [3.63, 3.8) is 0 Å². The van der Waals surface area contributed by atoms with Crippen molar-refractivity contribution in [3.05, 3.63) is 29.0 Å². The van der Waals surface area contributed by atoms with Gasteiger partial charge in [0.05, 0.1) is 0 Å². The van der Waals surface area contributed by atoms with E-state index in [4.69, 9.17) is 0 Å². The number of hydrogen-bond acceptors (Lipinski definition) is 1. The summed E-state index contributed by atoms with van der Waals surface area (Å²) in [4.78, 5) is 4.28. The van der Waals surface area contributed by atoms with E-state index in [1.165, 1.54) is 5.52 Å². The molecule has 1 aromatic carbocycles. The Balaban J connectivity index is 2.94. The molecule has 0 aliphatic heterocycles. The van der Waals surface area contributed by atoms with Gasteiger partial charge in [0.2, 0.25) is 0 Å². The van der Waals surface area contributed by atoms with Crippen molar-refractivity contribution >= 4 is 53.0 Å². The minimum absolute atomic E-state index is 0.791. The van der Waals surface area contributed by atoms with Crippen LogP contribution in [0.5, 0.6) is 0 Å². The number of para-hydroxylation sites is 1. The molecule has 0 atom stereocenters. The number of hydrogen-bond donors (Lipinski definition) is 0. The van der Waals surface area contributed by atoms with E-state index in [0.717, 1.165) is 36.1 Å². The van der Waals surface area contributed by atoms with Gasteiger partial charge in [-0.05, 0) is 0 Å². The van der Waals surface area contributed by atoms with Crippen LogP contribution in [0.25, 0.3) is 11.0 Å². The van der Waals surface area contributed by atoms with Crippen LogP contribution in [0, 0.1) is 0 Å². The molecule has 0 amide bonds. The Bertz CT molecular complexity index is 396. The number of imidazole rings is 1. The van der Waals surface area contributed by atoms with Crippen molar-refractivity contribution in [3.8, 4) is 0 Å². The molecule has 1 aromatic heterocycles. The van der Waals surface area contributed by atoms with Crippen molar-refractivity contribution in [2.75, 3.05) is 0 Å². The van der Waals surface area contributed by atoms with E-state index < -0.39 is 0 Å². The van der Waals surface area contributed by atoms with Crippen LogP contribution in [0.2, 0.25) is 0 Å². The Kier molecular flexibility index (Phi) is 2.01. The number of benzene rings is 1. The average Bonchev–Trinajstić information content (AvgIpc) is 2.35. The predicted molar refractivity (Wildman–Crippen MR) is 48.6 cm³/mol. The SMILES string of the molecule is Brc1cccc2c1nc[n]2[Tl]. The van der Waals surface area contributed by atoms with Gasteiger partial charge in [0.25, 0.3) is 0 Å². The summed E-state index contributed by atoms with van der Waals surface area (Å²) in [6.07, 6.45) is 1.89. The zero-order valence-corrected chi connectivity index (χ0v) is 11.7. The van der Waals surface area contributed by atoms with E-state index >= 15 is 0 Å². The molecule has 0 N–H and O–H groups in total. The zero-order valence-electron chi connectivity index (χ0n) is 5.66. The first-order chi connectivity index (χ1) is 5.29. The molecule has 4 heteroatoms. The first kappa shape index (κ1) is 7.73. The number of halogens is 1. The van der Waals surface area contributed by atoms with Crippen LogP contribution in [0.15, 0.2) is 29.0 Å². The van der Waals surface area contributed by atoms with Crippen LogP contribution in [0.3, 0.4) is 0 Å². The van der Waals surface area contributed by atoms with Gasteiger partial charge in [-0.1, -0.05) is 0 Å². The second kappa shape index (κ2) is 2.86. The summed E-state index contributed by atoms with van der Waals surface area (Å²) >= 11 is 4.24. The zero-order chi connectivity index (χ0) is 7.84. The van der Waals surface area contributed by atoms with Gasteiger partial charge in [-0.2, -0.15) is 0 Å². The number of nitrogens with zero attached hydrogens (tertiary/aromatic N) is 2. The van der Waals surface area contributed by atoms with Gasteiger partial charge in [-0.15, -0.1) is 0 Å². The van der Waals surface area contributed by atoms with Gasteiger partial charge < -0.3 is 0 Å². The summed E-state index contributed by atoms with van der Waals surface area (Å²) in [5.41, 5.74) is 2.29. The van der Waals surface area contributed by atoms with Gasteiger partial charge >= 0.3 is 89.4 Å². The van der Waals surface area contributed by atoms with Gasteiger partial charge in [-0.3, -0.25) is 0 Å². The average molecular weight is 400 g/mol. The Labute approximate surface area is 88.9 Å². The van der Waals surface area contributed by atoms with Gasteiger partial charge in [0.1, 0.15) is 0 Å². The normalized spacial score (nSPS) is 10.5. The van der Waals surface area contributed by atoms with Crippen molar-refractivity contribution in [1.29, 1.82) is 0 Å². The fourth-order valence-electron chi connectivity index (χ4n) is 1.02. The molecular formula is C7H4BrN2Tl. The molecule has 0 aliphatic rings. The molecular weight excluding hydrogens is 396 g/mol. The molecule has 52 valence electrons. The monoisotopic (exact) mass is 400 g/mol. The van der Waals surface area contributed by atoms with Crippen LogP contribution in [-0.4, -0.2) is 33.4 Å². The molecule has 2 nitrogen and oxygen atoms in total. The van der Waals surface area contributed by atoms with Crippen molar-refractivity contribution in [2.45, 2.75) is 0 Å². The first-order valence-electron chi connectivity index (χ1n) is 3.15. The summed E-state index contributed by atoms with van der Waals surface area (Å²) in [5, 5.41) is 0. The van der Waals surface area contributed by atoms with Crippen LogP contribution >= 0.6 is 15.9 Å². The van der Waals surface area contributed by atoms with Crippen molar-refractivity contribution < 1.29 is 0 Å². The standard InChI is InChI=1S/C7H4BrN2.Tl/c8-5-2-1-3-6-7(5)10-4-9-6;/h1-4H;/q-1;+1. The molecule has 0 saturated heterocycles. The summed E-state index contributed by atoms with van der Waals surface area (Å²) in [6.45, 7) is 0. The molecule has 0 fully saturated rings. The molecule has 0 spiro atoms. The Morgan fingerprint density at radius 1 is 1.45 bits per heavy atom. The van der Waals surface area contributed by atoms with Crippen LogP contribution in [0.4, 0.5) is 0 Å². The molecule has 2 rings (SSSR count). The molecule has 0 bridgehead atoms. The Morgan fingerprint density at radius 2 is 2.27 bits per heavy atom. The molecule has 11 heavy (non-hydrogen) atoms. The van der Waals surface area contributed by atoms with E-state index in [1.54, 1.807) is 0 Å². The van der Waals surface area contributed by atoms with E-state index in [-0.39, 0.29) is 0 Å². The second-order valence-electron chi connectivity index (χ2n) is 2.26. The maximum absolute atomic E-state index is 4.28. The fraction of sp³-hybridized carbons (Fsp3) is 0. The molecule has 1 heterocycles. The summed E-state index contributed by atoms with van der Waals surface area (Å²) < 4.78 is 3.24. The van der Waals surface area contributed by atoms with Crippen molar-refractivity contribution in [2.24, 2.45) is 0 Å². The third kappa shape index (κ3) is 1.24. The third-order valence-corrected chi connectivity index (χ3v) is 3.79. The Morgan fingerprint density at radius 3 is 3.00 bits per heavy atom. The molecule has 2 aromatic rings. The maximum atomic E-state index is 4.28. The molecule has 0 radical (unpaired) electrons. The molecule has 0 saturated carbocycles. The summed E-state index contributed by atoms with van der Waals surface area (Å²) in [7, 11) is 0. The van der Waals surface area contributed by atoms with Crippen LogP contribution < -0.4 is 0 Å². The van der Waals surface area contributed by atoms with Crippen LogP contribution in [-0.2, 0) is 0 Å². The molecule has 0 aliphatic carbocycles. The Hall–Kier alpha value is 0.0921. The number of rotatable bonds is 0. The number of aromatic nitrogens is 2. The van der Waals surface area contributed by atoms with E-state index in [2.05, 4.69) is 29.4 Å². The third-order valence-electron chi connectivity index (χ3n) is 1.55. The van der Waals surface area contributed by atoms with Crippen molar-refractivity contribution in [1.82, 2.24) is 7.36 Å². The quantitative estimate of drug-likeness (QED) is 0.616. The fourth-order valence-corrected chi connectivity index (χ4v) is 2.55. The van der Waals surface area contributed by atoms with Crippen LogP contribution in [0.1, 0.15) is 0 Å². The second-order valence-corrected chi connectivity index (χ2v) is 5.28. The van der Waals surface area contributed by atoms with Gasteiger partial charge in [0, 0.05) is 0 Å². The molecule has 0 unspecified atom stereocenters. The van der Waals surface area contributed by atoms with E-state index in [9.17, 15) is 0 Å². The summed E-state index contributed by atoms with van der Waals surface area (Å²) in [5.74, 6) is 0. The predicted octanol–water partition coefficient (Wildman–Crippen LogP) is 1.73. The van der Waals surface area contributed by atoms with Gasteiger partial charge in [-0.25, -0.2) is 0 Å². The van der Waals surface area contributed by atoms with E-state index in [0.29, 0.717) is 0 Å². The first-order valence-corrected chi connectivity index (χ1v) is 5.96. The summed E-state index contributed by atoms with van der Waals surface area (Å²) in [6, 6.07) is 6.14. The van der Waals surface area contributed by atoms with E-state index in [1.807, 2.05) is 18.5 Å².